The van der Waals surface area contributed by atoms with Crippen molar-refractivity contribution in [2.45, 2.75) is 0 Å². The minimum atomic E-state index is -0.438. The van der Waals surface area contributed by atoms with Crippen LogP contribution in [0, 0.1) is 5.82 Å². The predicted molar refractivity (Wildman–Crippen MR) is 90.6 cm³/mol. The average molecular weight is 327 g/mol. The Labute approximate surface area is 139 Å². The van der Waals surface area contributed by atoms with E-state index in [2.05, 4.69) is 10.2 Å². The SMILES string of the molecule is O=CN1CCN(c2ccc(NC(=O)c3cccc(F)c3)cc2)CC1. The molecule has 2 aromatic carbocycles. The molecule has 0 spiro atoms. The molecule has 0 bridgehead atoms. The molecule has 6 heteroatoms. The fourth-order valence-electron chi connectivity index (χ4n) is 2.67. The van der Waals surface area contributed by atoms with Crippen LogP contribution in [0.15, 0.2) is 48.5 Å². The van der Waals surface area contributed by atoms with E-state index in [1.807, 2.05) is 24.3 Å². The number of nitrogens with zero attached hydrogens (tertiary/aromatic N) is 2. The van der Waals surface area contributed by atoms with Crippen LogP contribution in [0.5, 0.6) is 0 Å². The minimum Gasteiger partial charge on any atom is -0.368 e. The summed E-state index contributed by atoms with van der Waals surface area (Å²) in [7, 11) is 0. The zero-order valence-corrected chi connectivity index (χ0v) is 13.1. The monoisotopic (exact) mass is 327 g/mol. The van der Waals surface area contributed by atoms with E-state index in [9.17, 15) is 14.0 Å². The van der Waals surface area contributed by atoms with Crippen molar-refractivity contribution in [3.05, 3.63) is 59.9 Å². The average Bonchev–Trinajstić information content (AvgIpc) is 2.62. The number of piperazine rings is 1. The third-order valence-electron chi connectivity index (χ3n) is 4.04. The highest BCUT2D eigenvalue weighted by Crippen LogP contribution is 2.20. The fraction of sp³-hybridized carbons (Fsp3) is 0.222. The van der Waals surface area contributed by atoms with E-state index in [1.54, 1.807) is 11.0 Å². The van der Waals surface area contributed by atoms with Gasteiger partial charge < -0.3 is 15.1 Å². The Bertz CT molecular complexity index is 725. The number of carbonyl (C=O) groups is 2. The van der Waals surface area contributed by atoms with Crippen molar-refractivity contribution in [3.8, 4) is 0 Å². The molecule has 0 unspecified atom stereocenters. The van der Waals surface area contributed by atoms with Crippen LogP contribution in [-0.2, 0) is 4.79 Å². The topological polar surface area (TPSA) is 52.7 Å². The molecular weight excluding hydrogens is 309 g/mol. The summed E-state index contributed by atoms with van der Waals surface area (Å²) >= 11 is 0. The molecule has 2 amide bonds. The predicted octanol–water partition coefficient (Wildman–Crippen LogP) is 2.36. The number of nitrogens with one attached hydrogen (secondary N) is 1. The molecule has 0 radical (unpaired) electrons. The second-order valence-electron chi connectivity index (χ2n) is 5.64. The van der Waals surface area contributed by atoms with Gasteiger partial charge in [0.1, 0.15) is 5.82 Å². The van der Waals surface area contributed by atoms with Crippen molar-refractivity contribution < 1.29 is 14.0 Å². The highest BCUT2D eigenvalue weighted by Gasteiger charge is 2.15. The lowest BCUT2D eigenvalue weighted by Gasteiger charge is -2.34. The lowest BCUT2D eigenvalue weighted by atomic mass is 10.2. The zero-order chi connectivity index (χ0) is 16.9. The van der Waals surface area contributed by atoms with Crippen LogP contribution in [0.2, 0.25) is 0 Å². The van der Waals surface area contributed by atoms with Gasteiger partial charge in [0.15, 0.2) is 0 Å². The van der Waals surface area contributed by atoms with Gasteiger partial charge in [-0.1, -0.05) is 6.07 Å². The lowest BCUT2D eigenvalue weighted by molar-refractivity contribution is -0.118. The van der Waals surface area contributed by atoms with Crippen LogP contribution < -0.4 is 10.2 Å². The molecule has 1 aliphatic rings. The minimum absolute atomic E-state index is 0.282. The first-order chi connectivity index (χ1) is 11.7. The summed E-state index contributed by atoms with van der Waals surface area (Å²) in [5.74, 6) is -0.783. The van der Waals surface area contributed by atoms with E-state index in [0.717, 1.165) is 25.2 Å². The van der Waals surface area contributed by atoms with Crippen LogP contribution in [0.1, 0.15) is 10.4 Å². The van der Waals surface area contributed by atoms with Gasteiger partial charge in [0, 0.05) is 43.1 Å². The summed E-state index contributed by atoms with van der Waals surface area (Å²) in [5, 5.41) is 2.75. The third kappa shape index (κ3) is 3.71. The molecule has 0 saturated carbocycles. The molecule has 1 aliphatic heterocycles. The molecule has 2 aromatic rings. The molecule has 3 rings (SSSR count). The molecular formula is C18H18FN3O2. The first-order valence-electron chi connectivity index (χ1n) is 7.77. The van der Waals surface area contributed by atoms with Crippen LogP contribution in [-0.4, -0.2) is 43.4 Å². The van der Waals surface area contributed by atoms with Gasteiger partial charge in [-0.05, 0) is 42.5 Å². The maximum atomic E-state index is 13.2. The Hall–Kier alpha value is -2.89. The number of anilines is 2. The number of benzene rings is 2. The van der Waals surface area contributed by atoms with Crippen molar-refractivity contribution in [1.82, 2.24) is 4.90 Å². The number of amides is 2. The summed E-state index contributed by atoms with van der Waals surface area (Å²) in [6.45, 7) is 2.99. The Balaban J connectivity index is 1.62. The van der Waals surface area contributed by atoms with Crippen molar-refractivity contribution in [2.24, 2.45) is 0 Å². The van der Waals surface area contributed by atoms with Gasteiger partial charge in [0.05, 0.1) is 0 Å². The normalized spacial score (nSPS) is 14.4. The maximum Gasteiger partial charge on any atom is 0.255 e. The van der Waals surface area contributed by atoms with Gasteiger partial charge in [0.25, 0.3) is 5.91 Å². The molecule has 0 aromatic heterocycles. The van der Waals surface area contributed by atoms with Gasteiger partial charge >= 0.3 is 0 Å². The van der Waals surface area contributed by atoms with Crippen LogP contribution in [0.4, 0.5) is 15.8 Å². The highest BCUT2D eigenvalue weighted by molar-refractivity contribution is 6.04. The van der Waals surface area contributed by atoms with Crippen molar-refractivity contribution in [1.29, 1.82) is 0 Å². The third-order valence-corrected chi connectivity index (χ3v) is 4.04. The number of halogens is 1. The fourth-order valence-corrected chi connectivity index (χ4v) is 2.67. The summed E-state index contributed by atoms with van der Waals surface area (Å²) in [6.07, 6.45) is 0.877. The Morgan fingerprint density at radius 3 is 2.38 bits per heavy atom. The van der Waals surface area contributed by atoms with Crippen LogP contribution in [0.25, 0.3) is 0 Å². The molecule has 0 atom stereocenters. The van der Waals surface area contributed by atoms with Gasteiger partial charge in [0.2, 0.25) is 6.41 Å². The second kappa shape index (κ2) is 7.12. The van der Waals surface area contributed by atoms with E-state index in [-0.39, 0.29) is 11.5 Å². The molecule has 1 fully saturated rings. The van der Waals surface area contributed by atoms with Crippen molar-refractivity contribution >= 4 is 23.7 Å². The molecule has 124 valence electrons. The number of hydrogen-bond donors (Lipinski definition) is 1. The van der Waals surface area contributed by atoms with E-state index in [1.165, 1.54) is 18.2 Å². The van der Waals surface area contributed by atoms with Gasteiger partial charge in [-0.3, -0.25) is 9.59 Å². The first kappa shape index (κ1) is 16.0. The largest absolute Gasteiger partial charge is 0.368 e. The standard InChI is InChI=1S/C18H18FN3O2/c19-15-3-1-2-14(12-15)18(24)20-16-4-6-17(7-5-16)22-10-8-21(13-23)9-11-22/h1-7,12-13H,8-11H2,(H,20,24). The smallest absolute Gasteiger partial charge is 0.255 e. The molecule has 1 N–H and O–H groups in total. The second-order valence-corrected chi connectivity index (χ2v) is 5.64. The van der Waals surface area contributed by atoms with Gasteiger partial charge in [-0.25, -0.2) is 4.39 Å². The van der Waals surface area contributed by atoms with E-state index >= 15 is 0 Å². The summed E-state index contributed by atoms with van der Waals surface area (Å²) in [5.41, 5.74) is 1.98. The maximum absolute atomic E-state index is 13.2. The van der Waals surface area contributed by atoms with Crippen molar-refractivity contribution in [3.63, 3.8) is 0 Å². The quantitative estimate of drug-likeness (QED) is 0.877. The van der Waals surface area contributed by atoms with E-state index in [0.29, 0.717) is 18.8 Å². The molecule has 1 heterocycles. The van der Waals surface area contributed by atoms with Crippen LogP contribution >= 0.6 is 0 Å². The van der Waals surface area contributed by atoms with E-state index < -0.39 is 5.82 Å². The number of carbonyl (C=O) groups excluding carboxylic acids is 2. The Kier molecular flexibility index (Phi) is 4.74. The summed E-state index contributed by atoms with van der Waals surface area (Å²) in [4.78, 5) is 26.8. The Morgan fingerprint density at radius 2 is 1.75 bits per heavy atom. The molecule has 5 nitrogen and oxygen atoms in total. The zero-order valence-electron chi connectivity index (χ0n) is 13.1. The molecule has 1 saturated heterocycles. The lowest BCUT2D eigenvalue weighted by Crippen LogP contribution is -2.45. The van der Waals surface area contributed by atoms with Gasteiger partial charge in [-0.2, -0.15) is 0 Å². The van der Waals surface area contributed by atoms with Gasteiger partial charge in [-0.15, -0.1) is 0 Å². The summed E-state index contributed by atoms with van der Waals surface area (Å²) in [6, 6.07) is 13.1. The highest BCUT2D eigenvalue weighted by atomic mass is 19.1. The first-order valence-corrected chi connectivity index (χ1v) is 7.77. The number of rotatable bonds is 4. The van der Waals surface area contributed by atoms with Crippen LogP contribution in [0.3, 0.4) is 0 Å². The molecule has 24 heavy (non-hydrogen) atoms. The summed E-state index contributed by atoms with van der Waals surface area (Å²) < 4.78 is 13.2. The van der Waals surface area contributed by atoms with Crippen molar-refractivity contribution in [2.75, 3.05) is 36.4 Å². The Morgan fingerprint density at radius 1 is 1.04 bits per heavy atom. The number of hydrogen-bond acceptors (Lipinski definition) is 3. The van der Waals surface area contributed by atoms with E-state index in [4.69, 9.17) is 0 Å². The molecule has 0 aliphatic carbocycles.